The molecule has 0 aliphatic rings. The minimum absolute atomic E-state index is 0.409. The van der Waals surface area contributed by atoms with Crippen molar-refractivity contribution in [3.8, 4) is 11.4 Å². The maximum absolute atomic E-state index is 7.01. The summed E-state index contributed by atoms with van der Waals surface area (Å²) >= 11 is 0. The molecule has 0 amide bonds. The van der Waals surface area contributed by atoms with Gasteiger partial charge < -0.3 is 27.8 Å². The van der Waals surface area contributed by atoms with Gasteiger partial charge in [-0.3, -0.25) is 0 Å². The third-order valence-corrected chi connectivity index (χ3v) is 18.0. The molecule has 0 fully saturated rings. The first-order valence-corrected chi connectivity index (χ1v) is 29.9. The first-order valence-electron chi connectivity index (χ1n) is 29.9. The van der Waals surface area contributed by atoms with Gasteiger partial charge >= 0.3 is 0 Å². The average molecular weight is 1110 g/mol. The highest BCUT2D eigenvalue weighted by Crippen LogP contribution is 2.48. The number of anilines is 6. The number of hydrogen-bond donors (Lipinski definition) is 0. The van der Waals surface area contributed by atoms with Crippen LogP contribution in [0.2, 0.25) is 0 Å². The number of para-hydroxylation sites is 6. The molecule has 86 heavy (non-hydrogen) atoms. The van der Waals surface area contributed by atoms with Gasteiger partial charge in [-0.1, -0.05) is 161 Å². The Hall–Kier alpha value is -10.8. The first-order chi connectivity index (χ1) is 42.3. The molecule has 0 saturated carbocycles. The SMILES string of the molecule is CC(C)c1ccc(N(c2ccc3cc4c(cc3c2)oc2c4ccc3c4cc5ccc(N(c6ccc(C(C)C)cc6)c6cccc7c8ccccc8n(-c8ccccc8)c67)cc5cc4oc32)c2cccc3c4ccccc4n(-c4ccccc4)c23)cc1. The van der Waals surface area contributed by atoms with E-state index in [1.54, 1.807) is 0 Å². The fraction of sp³-hybridized carbons (Fsp3) is 0.0750. The Morgan fingerprint density at radius 2 is 0.674 bits per heavy atom. The lowest BCUT2D eigenvalue weighted by atomic mass is 10.0. The van der Waals surface area contributed by atoms with Crippen LogP contribution in [0.5, 0.6) is 0 Å². The second-order valence-electron chi connectivity index (χ2n) is 23.7. The van der Waals surface area contributed by atoms with E-state index in [0.29, 0.717) is 11.8 Å². The van der Waals surface area contributed by atoms with Crippen molar-refractivity contribution in [1.29, 1.82) is 0 Å². The van der Waals surface area contributed by atoms with Crippen LogP contribution in [0, 0.1) is 0 Å². The van der Waals surface area contributed by atoms with Crippen LogP contribution in [-0.2, 0) is 0 Å². The van der Waals surface area contributed by atoms with Gasteiger partial charge in [-0.15, -0.1) is 0 Å². The predicted molar refractivity (Wildman–Crippen MR) is 362 cm³/mol. The zero-order valence-corrected chi connectivity index (χ0v) is 48.2. The van der Waals surface area contributed by atoms with Crippen molar-refractivity contribution in [3.05, 3.63) is 278 Å². The Balaban J connectivity index is 0.804. The summed E-state index contributed by atoms with van der Waals surface area (Å²) in [7, 11) is 0. The zero-order valence-electron chi connectivity index (χ0n) is 48.2. The van der Waals surface area contributed by atoms with Crippen LogP contribution in [0.1, 0.15) is 50.7 Å². The molecule has 0 unspecified atom stereocenters. The molecule has 6 nitrogen and oxygen atoms in total. The molecule has 17 rings (SSSR count). The van der Waals surface area contributed by atoms with Crippen molar-refractivity contribution < 1.29 is 8.83 Å². The summed E-state index contributed by atoms with van der Waals surface area (Å²) in [5.41, 5.74) is 19.1. The monoisotopic (exact) mass is 1110 g/mol. The van der Waals surface area contributed by atoms with E-state index in [4.69, 9.17) is 8.83 Å². The van der Waals surface area contributed by atoms with Crippen LogP contribution in [0.3, 0.4) is 0 Å². The average Bonchev–Trinajstić information content (AvgIpc) is 1.81. The number of fused-ring (bicyclic) bond motifs is 15. The third kappa shape index (κ3) is 7.72. The molecule has 0 atom stereocenters. The van der Waals surface area contributed by atoms with Gasteiger partial charge in [-0.05, 0) is 178 Å². The van der Waals surface area contributed by atoms with E-state index in [1.165, 1.54) is 43.7 Å². The molecule has 4 heterocycles. The van der Waals surface area contributed by atoms with Crippen LogP contribution < -0.4 is 9.80 Å². The number of hydrogen-bond acceptors (Lipinski definition) is 4. The lowest BCUT2D eigenvalue weighted by Crippen LogP contribution is -2.12. The van der Waals surface area contributed by atoms with E-state index in [-0.39, 0.29) is 0 Å². The Labute approximate surface area is 497 Å². The van der Waals surface area contributed by atoms with Crippen molar-refractivity contribution in [2.75, 3.05) is 9.80 Å². The molecule has 0 aliphatic heterocycles. The molecule has 0 aliphatic carbocycles. The van der Waals surface area contributed by atoms with Crippen LogP contribution in [0.4, 0.5) is 34.1 Å². The van der Waals surface area contributed by atoms with Crippen molar-refractivity contribution in [2.24, 2.45) is 0 Å². The zero-order chi connectivity index (χ0) is 57.3. The van der Waals surface area contributed by atoms with Crippen molar-refractivity contribution in [2.45, 2.75) is 39.5 Å². The third-order valence-electron chi connectivity index (χ3n) is 18.0. The molecule has 17 aromatic rings. The largest absolute Gasteiger partial charge is 0.452 e. The molecular formula is C80H58N4O2. The summed E-state index contributed by atoms with van der Waals surface area (Å²) in [4.78, 5) is 4.84. The lowest BCUT2D eigenvalue weighted by molar-refractivity contribution is 0.634. The van der Waals surface area contributed by atoms with Gasteiger partial charge in [0.05, 0.1) is 33.4 Å². The van der Waals surface area contributed by atoms with E-state index in [2.05, 4.69) is 314 Å². The van der Waals surface area contributed by atoms with E-state index >= 15 is 0 Å². The molecule has 4 aromatic heterocycles. The van der Waals surface area contributed by atoms with Gasteiger partial charge in [-0.25, -0.2) is 0 Å². The molecule has 0 saturated heterocycles. The van der Waals surface area contributed by atoms with E-state index in [1.807, 2.05) is 0 Å². The number of benzene rings is 13. The normalized spacial score (nSPS) is 12.2. The smallest absolute Gasteiger partial charge is 0.178 e. The molecule has 13 aromatic carbocycles. The van der Waals surface area contributed by atoms with Crippen LogP contribution in [-0.4, -0.2) is 9.13 Å². The number of furan rings is 2. The summed E-state index contributed by atoms with van der Waals surface area (Å²) < 4.78 is 18.9. The fourth-order valence-electron chi connectivity index (χ4n) is 13.7. The predicted octanol–water partition coefficient (Wildman–Crippen LogP) is 23.2. The highest BCUT2D eigenvalue weighted by molar-refractivity contribution is 6.22. The number of aromatic nitrogens is 2. The standard InChI is InChI=1S/C80H58N4O2/c1-49(2)51-29-35-59(36-30-51)81(73-27-15-23-65-63-21-11-13-25-71(63)83(77(65)73)57-17-7-5-8-18-57)61-39-33-53-45-69-67-41-42-68-70-46-54-34-40-62(44-56(54)48-76(70)86-80(68)79(67)85-75(69)47-55(53)43-61)82(60-37-31-52(32-38-60)50(3)4)74-28-16-24-66-64-22-12-14-26-72(64)84(78(66)74)58-19-9-6-10-20-58/h5-50H,1-4H3. The molecule has 6 heteroatoms. The molecule has 0 N–H and O–H groups in total. The molecule has 0 radical (unpaired) electrons. The van der Waals surface area contributed by atoms with Gasteiger partial charge in [0.15, 0.2) is 11.2 Å². The van der Waals surface area contributed by atoms with Gasteiger partial charge in [0.2, 0.25) is 0 Å². The summed E-state index contributed by atoms with van der Waals surface area (Å²) in [5.74, 6) is 0.818. The summed E-state index contributed by atoms with van der Waals surface area (Å²) in [6, 6.07) is 97.6. The van der Waals surface area contributed by atoms with Crippen LogP contribution >= 0.6 is 0 Å². The second-order valence-corrected chi connectivity index (χ2v) is 23.7. The Kier molecular flexibility index (Phi) is 11.2. The van der Waals surface area contributed by atoms with E-state index in [9.17, 15) is 0 Å². The Morgan fingerprint density at radius 1 is 0.291 bits per heavy atom. The number of rotatable bonds is 10. The minimum Gasteiger partial charge on any atom is -0.452 e. The van der Waals surface area contributed by atoms with Crippen molar-refractivity contribution >= 4 is 143 Å². The highest BCUT2D eigenvalue weighted by Gasteiger charge is 2.26. The fourth-order valence-corrected chi connectivity index (χ4v) is 13.7. The topological polar surface area (TPSA) is 42.6 Å². The van der Waals surface area contributed by atoms with Crippen molar-refractivity contribution in [3.63, 3.8) is 0 Å². The van der Waals surface area contributed by atoms with Gasteiger partial charge in [0.25, 0.3) is 0 Å². The highest BCUT2D eigenvalue weighted by atomic mass is 16.4. The molecule has 0 bridgehead atoms. The summed E-state index contributed by atoms with van der Waals surface area (Å²) in [5, 5.41) is 13.4. The maximum Gasteiger partial charge on any atom is 0.178 e. The molecular weight excluding hydrogens is 1050 g/mol. The maximum atomic E-state index is 7.01. The molecule has 410 valence electrons. The van der Waals surface area contributed by atoms with Crippen LogP contribution in [0.25, 0.3) is 120 Å². The van der Waals surface area contributed by atoms with Crippen LogP contribution in [0.15, 0.2) is 276 Å². The molecule has 0 spiro atoms. The second kappa shape index (κ2) is 19.4. The Morgan fingerprint density at radius 3 is 1.09 bits per heavy atom. The minimum atomic E-state index is 0.409. The van der Waals surface area contributed by atoms with Gasteiger partial charge in [0, 0.05) is 77.2 Å². The van der Waals surface area contributed by atoms with Gasteiger partial charge in [-0.2, -0.15) is 0 Å². The summed E-state index contributed by atoms with van der Waals surface area (Å²) in [6.45, 7) is 9.00. The Bertz CT molecular complexity index is 5190. The summed E-state index contributed by atoms with van der Waals surface area (Å²) in [6.07, 6.45) is 0. The lowest BCUT2D eigenvalue weighted by Gasteiger charge is -2.28. The van der Waals surface area contributed by atoms with E-state index < -0.39 is 0 Å². The number of nitrogens with zero attached hydrogens (tertiary/aromatic N) is 4. The van der Waals surface area contributed by atoms with Crippen molar-refractivity contribution in [1.82, 2.24) is 9.13 Å². The van der Waals surface area contributed by atoms with Gasteiger partial charge in [0.1, 0.15) is 11.2 Å². The van der Waals surface area contributed by atoms with E-state index in [0.717, 1.165) is 122 Å². The first kappa shape index (κ1) is 49.8. The quantitative estimate of drug-likeness (QED) is 0.137.